The predicted octanol–water partition coefficient (Wildman–Crippen LogP) is 2.69. The standard InChI is InChI=1S/C22H31NO4/c1-15-5-7-21(17(3)9-15)26-13-19(24)11-23-12-20(25)14-27-22-8-6-16(2)10-18(22)4/h5-10,19-20,23-25H,11-14H2,1-4H3/t19-,20-/m0/s1. The SMILES string of the molecule is Cc1ccc(OC[C@@H](O)CNC[C@H](O)COc2ccc(C)cc2C)c(C)c1. The minimum absolute atomic E-state index is 0.200. The summed E-state index contributed by atoms with van der Waals surface area (Å²) in [6, 6.07) is 11.9. The third-order valence-corrected chi connectivity index (χ3v) is 4.28. The molecule has 0 bridgehead atoms. The summed E-state index contributed by atoms with van der Waals surface area (Å²) in [7, 11) is 0. The molecule has 2 aromatic rings. The summed E-state index contributed by atoms with van der Waals surface area (Å²) in [5.74, 6) is 1.56. The van der Waals surface area contributed by atoms with Crippen molar-refractivity contribution in [2.45, 2.75) is 39.9 Å². The number of nitrogens with one attached hydrogen (secondary N) is 1. The molecule has 0 saturated carbocycles. The van der Waals surface area contributed by atoms with Gasteiger partial charge in [0.1, 0.15) is 36.9 Å². The fraction of sp³-hybridized carbons (Fsp3) is 0.455. The molecule has 3 N–H and O–H groups in total. The van der Waals surface area contributed by atoms with Crippen LogP contribution < -0.4 is 14.8 Å². The summed E-state index contributed by atoms with van der Waals surface area (Å²) in [6.45, 7) is 9.11. The van der Waals surface area contributed by atoms with Gasteiger partial charge in [0.15, 0.2) is 0 Å². The van der Waals surface area contributed by atoms with Crippen molar-refractivity contribution in [2.24, 2.45) is 0 Å². The van der Waals surface area contributed by atoms with Crippen molar-refractivity contribution < 1.29 is 19.7 Å². The van der Waals surface area contributed by atoms with E-state index in [4.69, 9.17) is 9.47 Å². The smallest absolute Gasteiger partial charge is 0.122 e. The van der Waals surface area contributed by atoms with Gasteiger partial charge >= 0.3 is 0 Å². The molecule has 0 aliphatic heterocycles. The van der Waals surface area contributed by atoms with E-state index in [1.54, 1.807) is 0 Å². The topological polar surface area (TPSA) is 71.0 Å². The Morgan fingerprint density at radius 3 is 1.52 bits per heavy atom. The average Bonchev–Trinajstić information content (AvgIpc) is 2.60. The van der Waals surface area contributed by atoms with Gasteiger partial charge in [-0.15, -0.1) is 0 Å². The van der Waals surface area contributed by atoms with E-state index in [1.807, 2.05) is 64.1 Å². The maximum absolute atomic E-state index is 10.0. The van der Waals surface area contributed by atoms with E-state index < -0.39 is 12.2 Å². The highest BCUT2D eigenvalue weighted by Crippen LogP contribution is 2.19. The van der Waals surface area contributed by atoms with Crippen LogP contribution in [-0.4, -0.2) is 48.7 Å². The van der Waals surface area contributed by atoms with Gasteiger partial charge in [-0.05, 0) is 51.0 Å². The predicted molar refractivity (Wildman–Crippen MR) is 108 cm³/mol. The molecule has 2 aromatic carbocycles. The second kappa shape index (κ2) is 10.3. The van der Waals surface area contributed by atoms with E-state index in [0.29, 0.717) is 13.1 Å². The van der Waals surface area contributed by atoms with Crippen LogP contribution in [0.25, 0.3) is 0 Å². The van der Waals surface area contributed by atoms with E-state index in [-0.39, 0.29) is 13.2 Å². The van der Waals surface area contributed by atoms with Crippen LogP contribution in [0.5, 0.6) is 11.5 Å². The summed E-state index contributed by atoms with van der Waals surface area (Å²) in [6.07, 6.45) is -1.31. The van der Waals surface area contributed by atoms with Crippen LogP contribution in [0.4, 0.5) is 0 Å². The van der Waals surface area contributed by atoms with Crippen molar-refractivity contribution in [3.05, 3.63) is 58.7 Å². The molecular formula is C22H31NO4. The van der Waals surface area contributed by atoms with Crippen molar-refractivity contribution in [1.29, 1.82) is 0 Å². The van der Waals surface area contributed by atoms with E-state index in [0.717, 1.165) is 22.6 Å². The number of rotatable bonds is 10. The highest BCUT2D eigenvalue weighted by molar-refractivity contribution is 5.36. The average molecular weight is 373 g/mol. The minimum Gasteiger partial charge on any atom is -0.491 e. The molecule has 0 radical (unpaired) electrons. The van der Waals surface area contributed by atoms with Crippen LogP contribution in [0.2, 0.25) is 0 Å². The molecule has 0 heterocycles. The first-order chi connectivity index (χ1) is 12.8. The zero-order valence-corrected chi connectivity index (χ0v) is 16.7. The highest BCUT2D eigenvalue weighted by Gasteiger charge is 2.10. The molecule has 2 atom stereocenters. The Morgan fingerprint density at radius 2 is 1.15 bits per heavy atom. The monoisotopic (exact) mass is 373 g/mol. The first-order valence-corrected chi connectivity index (χ1v) is 9.32. The van der Waals surface area contributed by atoms with E-state index in [2.05, 4.69) is 5.32 Å². The fourth-order valence-electron chi connectivity index (χ4n) is 2.83. The quantitative estimate of drug-likeness (QED) is 0.597. The van der Waals surface area contributed by atoms with Crippen molar-refractivity contribution in [3.8, 4) is 11.5 Å². The molecule has 0 unspecified atom stereocenters. The third kappa shape index (κ3) is 7.21. The Balaban J connectivity index is 1.64. The van der Waals surface area contributed by atoms with Gasteiger partial charge in [0.25, 0.3) is 0 Å². The summed E-state index contributed by atoms with van der Waals surface area (Å²) in [5.41, 5.74) is 4.46. The number of aryl methyl sites for hydroxylation is 4. The van der Waals surface area contributed by atoms with Crippen LogP contribution in [0, 0.1) is 27.7 Å². The molecule has 0 saturated heterocycles. The van der Waals surface area contributed by atoms with Crippen molar-refractivity contribution in [1.82, 2.24) is 5.32 Å². The Hall–Kier alpha value is -2.08. The van der Waals surface area contributed by atoms with E-state index in [9.17, 15) is 10.2 Å². The van der Waals surface area contributed by atoms with Crippen LogP contribution in [0.1, 0.15) is 22.3 Å². The van der Waals surface area contributed by atoms with Gasteiger partial charge in [0, 0.05) is 13.1 Å². The Bertz CT molecular complexity index is 671. The lowest BCUT2D eigenvalue weighted by Crippen LogP contribution is -2.37. The molecule has 0 aliphatic carbocycles. The Kier molecular flexibility index (Phi) is 8.10. The summed E-state index contributed by atoms with van der Waals surface area (Å²) < 4.78 is 11.3. The van der Waals surface area contributed by atoms with Gasteiger partial charge in [0.2, 0.25) is 0 Å². The number of ether oxygens (including phenoxy) is 2. The van der Waals surface area contributed by atoms with Crippen LogP contribution in [0.15, 0.2) is 36.4 Å². The largest absolute Gasteiger partial charge is 0.491 e. The Labute approximate surface area is 162 Å². The second-order valence-corrected chi connectivity index (χ2v) is 7.13. The zero-order chi connectivity index (χ0) is 19.8. The molecule has 5 heteroatoms. The van der Waals surface area contributed by atoms with Crippen molar-refractivity contribution in [2.75, 3.05) is 26.3 Å². The molecule has 0 aliphatic rings. The molecule has 0 spiro atoms. The number of aliphatic hydroxyl groups is 2. The van der Waals surface area contributed by atoms with Gasteiger partial charge in [-0.1, -0.05) is 35.4 Å². The molecule has 0 aromatic heterocycles. The molecule has 0 amide bonds. The van der Waals surface area contributed by atoms with E-state index >= 15 is 0 Å². The summed E-state index contributed by atoms with van der Waals surface area (Å²) >= 11 is 0. The lowest BCUT2D eigenvalue weighted by atomic mass is 10.1. The normalized spacial score (nSPS) is 13.3. The van der Waals surface area contributed by atoms with Crippen molar-refractivity contribution in [3.63, 3.8) is 0 Å². The van der Waals surface area contributed by atoms with Gasteiger partial charge < -0.3 is 25.0 Å². The van der Waals surface area contributed by atoms with Crippen LogP contribution >= 0.6 is 0 Å². The Morgan fingerprint density at radius 1 is 0.741 bits per heavy atom. The lowest BCUT2D eigenvalue weighted by Gasteiger charge is -2.17. The fourth-order valence-corrected chi connectivity index (χ4v) is 2.83. The molecular weight excluding hydrogens is 342 g/mol. The minimum atomic E-state index is -0.654. The maximum Gasteiger partial charge on any atom is 0.122 e. The number of aliphatic hydroxyl groups excluding tert-OH is 2. The molecule has 5 nitrogen and oxygen atoms in total. The van der Waals surface area contributed by atoms with Gasteiger partial charge in [-0.25, -0.2) is 0 Å². The zero-order valence-electron chi connectivity index (χ0n) is 16.7. The van der Waals surface area contributed by atoms with Gasteiger partial charge in [0.05, 0.1) is 0 Å². The third-order valence-electron chi connectivity index (χ3n) is 4.28. The van der Waals surface area contributed by atoms with Crippen molar-refractivity contribution >= 4 is 0 Å². The first-order valence-electron chi connectivity index (χ1n) is 9.32. The van der Waals surface area contributed by atoms with Gasteiger partial charge in [-0.3, -0.25) is 0 Å². The molecule has 0 fully saturated rings. The van der Waals surface area contributed by atoms with E-state index in [1.165, 1.54) is 11.1 Å². The molecule has 27 heavy (non-hydrogen) atoms. The maximum atomic E-state index is 10.0. The number of hydrogen-bond acceptors (Lipinski definition) is 5. The number of hydrogen-bond donors (Lipinski definition) is 3. The van der Waals surface area contributed by atoms with Crippen LogP contribution in [0.3, 0.4) is 0 Å². The lowest BCUT2D eigenvalue weighted by molar-refractivity contribution is 0.0855. The molecule has 148 valence electrons. The van der Waals surface area contributed by atoms with Gasteiger partial charge in [-0.2, -0.15) is 0 Å². The summed E-state index contributed by atoms with van der Waals surface area (Å²) in [4.78, 5) is 0. The molecule has 2 rings (SSSR count). The van der Waals surface area contributed by atoms with Crippen LogP contribution in [-0.2, 0) is 0 Å². The summed E-state index contributed by atoms with van der Waals surface area (Å²) in [5, 5.41) is 23.1. The first kappa shape index (κ1) is 21.2. The highest BCUT2D eigenvalue weighted by atomic mass is 16.5. The second-order valence-electron chi connectivity index (χ2n) is 7.13. The number of benzene rings is 2.